The van der Waals surface area contributed by atoms with Gasteiger partial charge in [-0.3, -0.25) is 0 Å². The largest absolute Gasteiger partial charge is 0.457 e. The first-order valence-corrected chi connectivity index (χ1v) is 9.13. The van der Waals surface area contributed by atoms with Crippen molar-refractivity contribution in [1.29, 1.82) is 0 Å². The summed E-state index contributed by atoms with van der Waals surface area (Å²) in [6.45, 7) is 0.166. The molecule has 0 aliphatic heterocycles. The fraction of sp³-hybridized carbons (Fsp3) is 0.0625. The Morgan fingerprint density at radius 3 is 2.48 bits per heavy atom. The number of fused-ring (bicyclic) bond motifs is 1. The van der Waals surface area contributed by atoms with Crippen LogP contribution in [0.3, 0.4) is 0 Å². The monoisotopic (exact) mass is 347 g/mol. The van der Waals surface area contributed by atoms with Gasteiger partial charge >= 0.3 is 5.97 Å². The van der Waals surface area contributed by atoms with Crippen LogP contribution < -0.4 is 5.14 Å². The summed E-state index contributed by atoms with van der Waals surface area (Å²) in [6, 6.07) is 13.2. The molecule has 0 spiro atoms. The molecule has 3 aromatic rings. The average Bonchev–Trinajstić information content (AvgIpc) is 2.95. The molecule has 0 aliphatic rings. The molecular formula is C16H13NO4S2. The van der Waals surface area contributed by atoms with E-state index in [1.807, 2.05) is 29.6 Å². The van der Waals surface area contributed by atoms with Crippen LogP contribution in [0.15, 0.2) is 58.8 Å². The summed E-state index contributed by atoms with van der Waals surface area (Å²) in [5, 5.41) is 8.04. The lowest BCUT2D eigenvalue weighted by atomic mass is 10.2. The topological polar surface area (TPSA) is 86.5 Å². The molecule has 0 bridgehead atoms. The van der Waals surface area contributed by atoms with Gasteiger partial charge in [-0.1, -0.05) is 18.2 Å². The normalized spacial score (nSPS) is 11.5. The molecule has 3 rings (SSSR count). The Morgan fingerprint density at radius 2 is 1.78 bits per heavy atom. The van der Waals surface area contributed by atoms with Gasteiger partial charge in [-0.25, -0.2) is 18.4 Å². The van der Waals surface area contributed by atoms with Gasteiger partial charge in [0.2, 0.25) is 10.0 Å². The quantitative estimate of drug-likeness (QED) is 0.735. The van der Waals surface area contributed by atoms with E-state index in [0.717, 1.165) is 15.6 Å². The van der Waals surface area contributed by atoms with E-state index in [2.05, 4.69) is 0 Å². The third kappa shape index (κ3) is 3.42. The molecule has 2 aromatic carbocycles. The second kappa shape index (κ2) is 6.11. The van der Waals surface area contributed by atoms with Gasteiger partial charge in [-0.2, -0.15) is 0 Å². The molecule has 2 N–H and O–H groups in total. The molecule has 0 unspecified atom stereocenters. The van der Waals surface area contributed by atoms with E-state index < -0.39 is 16.0 Å². The molecule has 0 saturated carbocycles. The maximum atomic E-state index is 12.0. The third-order valence-electron chi connectivity index (χ3n) is 3.34. The number of rotatable bonds is 4. The number of ether oxygens (including phenoxy) is 1. The molecule has 0 radical (unpaired) electrons. The minimum Gasteiger partial charge on any atom is -0.457 e. The molecule has 7 heteroatoms. The lowest BCUT2D eigenvalue weighted by molar-refractivity contribution is 0.0474. The second-order valence-electron chi connectivity index (χ2n) is 4.90. The van der Waals surface area contributed by atoms with Gasteiger partial charge in [0, 0.05) is 10.3 Å². The first-order chi connectivity index (χ1) is 10.9. The fourth-order valence-electron chi connectivity index (χ4n) is 2.15. The number of hydrogen-bond acceptors (Lipinski definition) is 5. The van der Waals surface area contributed by atoms with Crippen LogP contribution in [0, 0.1) is 0 Å². The van der Waals surface area contributed by atoms with Crippen molar-refractivity contribution >= 4 is 37.4 Å². The Bertz CT molecular complexity index is 959. The third-order valence-corrected chi connectivity index (χ3v) is 5.28. The highest BCUT2D eigenvalue weighted by atomic mass is 32.2. The van der Waals surface area contributed by atoms with Crippen molar-refractivity contribution < 1.29 is 17.9 Å². The average molecular weight is 347 g/mol. The molecule has 0 amide bonds. The van der Waals surface area contributed by atoms with Crippen LogP contribution in [0.2, 0.25) is 0 Å². The molecule has 1 heterocycles. The van der Waals surface area contributed by atoms with Crippen molar-refractivity contribution in [3.63, 3.8) is 0 Å². The Kier molecular flexibility index (Phi) is 4.16. The summed E-state index contributed by atoms with van der Waals surface area (Å²) in [4.78, 5) is 12.0. The van der Waals surface area contributed by atoms with Gasteiger partial charge in [0.15, 0.2) is 0 Å². The number of thiophene rings is 1. The first kappa shape index (κ1) is 15.7. The van der Waals surface area contributed by atoms with E-state index in [9.17, 15) is 13.2 Å². The zero-order valence-corrected chi connectivity index (χ0v) is 13.6. The van der Waals surface area contributed by atoms with Gasteiger partial charge in [0.1, 0.15) is 6.61 Å². The predicted molar refractivity (Wildman–Crippen MR) is 88.8 cm³/mol. The minimum atomic E-state index is -3.77. The summed E-state index contributed by atoms with van der Waals surface area (Å²) in [5.41, 5.74) is 1.22. The van der Waals surface area contributed by atoms with E-state index in [1.165, 1.54) is 24.3 Å². The molecule has 0 atom stereocenters. The van der Waals surface area contributed by atoms with E-state index in [0.29, 0.717) is 0 Å². The van der Waals surface area contributed by atoms with E-state index in [-0.39, 0.29) is 17.1 Å². The number of esters is 1. The number of benzene rings is 2. The van der Waals surface area contributed by atoms with Gasteiger partial charge in [0.25, 0.3) is 0 Å². The molecule has 0 fully saturated rings. The molecule has 1 aromatic heterocycles. The Morgan fingerprint density at radius 1 is 1.09 bits per heavy atom. The van der Waals surface area contributed by atoms with Crippen LogP contribution in [0.5, 0.6) is 0 Å². The highest BCUT2D eigenvalue weighted by molar-refractivity contribution is 7.89. The van der Waals surface area contributed by atoms with Gasteiger partial charge in [-0.15, -0.1) is 11.3 Å². The highest BCUT2D eigenvalue weighted by Gasteiger charge is 2.12. The number of primary sulfonamides is 1. The summed E-state index contributed by atoms with van der Waals surface area (Å²) < 4.78 is 28.8. The van der Waals surface area contributed by atoms with E-state index in [1.54, 1.807) is 11.3 Å². The van der Waals surface area contributed by atoms with Gasteiger partial charge < -0.3 is 4.74 Å². The fourth-order valence-corrected chi connectivity index (χ4v) is 3.61. The Labute approximate surface area is 137 Å². The molecule has 23 heavy (non-hydrogen) atoms. The number of carbonyl (C=O) groups is 1. The number of carbonyl (C=O) groups excluding carboxylic acids is 1. The smallest absolute Gasteiger partial charge is 0.338 e. The standard InChI is InChI=1S/C16H13NO4S2/c17-23(19,20)13-7-5-11(6-8-13)16(18)21-9-12-10-22-15-4-2-1-3-14(12)15/h1-8,10H,9H2,(H2,17,19,20). The van der Waals surface area contributed by atoms with Crippen molar-refractivity contribution in [3.8, 4) is 0 Å². The minimum absolute atomic E-state index is 0.0436. The van der Waals surface area contributed by atoms with Gasteiger partial charge in [-0.05, 0) is 41.1 Å². The molecule has 0 aliphatic carbocycles. The molecular weight excluding hydrogens is 334 g/mol. The molecule has 0 saturated heterocycles. The van der Waals surface area contributed by atoms with Crippen molar-refractivity contribution in [3.05, 3.63) is 65.0 Å². The zero-order valence-electron chi connectivity index (χ0n) is 11.9. The summed E-state index contributed by atoms with van der Waals surface area (Å²) in [7, 11) is -3.77. The Balaban J connectivity index is 1.72. The number of nitrogens with two attached hydrogens (primary N) is 1. The highest BCUT2D eigenvalue weighted by Crippen LogP contribution is 2.26. The lowest BCUT2D eigenvalue weighted by Crippen LogP contribution is -2.12. The summed E-state index contributed by atoms with van der Waals surface area (Å²) >= 11 is 1.59. The first-order valence-electron chi connectivity index (χ1n) is 6.70. The van der Waals surface area contributed by atoms with E-state index >= 15 is 0 Å². The molecule has 5 nitrogen and oxygen atoms in total. The van der Waals surface area contributed by atoms with Crippen molar-refractivity contribution in [1.82, 2.24) is 0 Å². The maximum Gasteiger partial charge on any atom is 0.338 e. The van der Waals surface area contributed by atoms with Crippen LogP contribution >= 0.6 is 11.3 Å². The maximum absolute atomic E-state index is 12.0. The predicted octanol–water partition coefficient (Wildman–Crippen LogP) is 2.91. The van der Waals surface area contributed by atoms with Crippen molar-refractivity contribution in [2.75, 3.05) is 0 Å². The summed E-state index contributed by atoms with van der Waals surface area (Å²) in [6.07, 6.45) is 0. The van der Waals surface area contributed by atoms with E-state index in [4.69, 9.17) is 9.88 Å². The van der Waals surface area contributed by atoms with Crippen molar-refractivity contribution in [2.45, 2.75) is 11.5 Å². The second-order valence-corrected chi connectivity index (χ2v) is 7.38. The summed E-state index contributed by atoms with van der Waals surface area (Å²) in [5.74, 6) is -0.513. The van der Waals surface area contributed by atoms with Gasteiger partial charge in [0.05, 0.1) is 10.5 Å². The lowest BCUT2D eigenvalue weighted by Gasteiger charge is -2.05. The number of sulfonamides is 1. The van der Waals surface area contributed by atoms with Crippen LogP contribution in [0.25, 0.3) is 10.1 Å². The van der Waals surface area contributed by atoms with Crippen LogP contribution in [-0.4, -0.2) is 14.4 Å². The van der Waals surface area contributed by atoms with Crippen molar-refractivity contribution in [2.24, 2.45) is 5.14 Å². The number of hydrogen-bond donors (Lipinski definition) is 1. The van der Waals surface area contributed by atoms with Crippen LogP contribution in [-0.2, 0) is 21.4 Å². The van der Waals surface area contributed by atoms with Crippen LogP contribution in [0.1, 0.15) is 15.9 Å². The Hall–Kier alpha value is -2.22. The SMILES string of the molecule is NS(=O)(=O)c1ccc(C(=O)OCc2csc3ccccc23)cc1. The van der Waals surface area contributed by atoms with Crippen LogP contribution in [0.4, 0.5) is 0 Å². The zero-order chi connectivity index (χ0) is 16.4. The molecule has 118 valence electrons.